The Bertz CT molecular complexity index is 565. The lowest BCUT2D eigenvalue weighted by molar-refractivity contribution is 0.119. The summed E-state index contributed by atoms with van der Waals surface area (Å²) in [6.45, 7) is 2.53. The highest BCUT2D eigenvalue weighted by Gasteiger charge is 2.30. The molecule has 2 N–H and O–H groups in total. The zero-order valence-electron chi connectivity index (χ0n) is 12.4. The Hall–Kier alpha value is -0.860. The Morgan fingerprint density at radius 3 is 2.52 bits per heavy atom. The number of sulfonamides is 1. The summed E-state index contributed by atoms with van der Waals surface area (Å²) < 4.78 is 36.9. The van der Waals surface area contributed by atoms with E-state index >= 15 is 0 Å². The van der Waals surface area contributed by atoms with E-state index in [-0.39, 0.29) is 35.7 Å². The minimum atomic E-state index is -3.76. The first kappa shape index (κ1) is 18.2. The van der Waals surface area contributed by atoms with Gasteiger partial charge < -0.3 is 15.2 Å². The van der Waals surface area contributed by atoms with E-state index in [9.17, 15) is 8.42 Å². The lowest BCUT2D eigenvalue weighted by Gasteiger charge is -2.28. The van der Waals surface area contributed by atoms with Gasteiger partial charge in [-0.15, -0.1) is 0 Å². The average molecular weight is 337 g/mol. The highest BCUT2D eigenvalue weighted by molar-refractivity contribution is 7.89. The maximum absolute atomic E-state index is 12.8. The van der Waals surface area contributed by atoms with Crippen molar-refractivity contribution in [2.75, 3.05) is 39.7 Å². The Morgan fingerprint density at radius 1 is 1.33 bits per heavy atom. The molecule has 1 aromatic carbocycles. The van der Waals surface area contributed by atoms with Gasteiger partial charge in [0.1, 0.15) is 4.90 Å². The van der Waals surface area contributed by atoms with E-state index in [1.807, 2.05) is 0 Å². The van der Waals surface area contributed by atoms with Crippen LogP contribution in [0.4, 0.5) is 5.69 Å². The summed E-state index contributed by atoms with van der Waals surface area (Å²) in [5.74, 6) is 0. The van der Waals surface area contributed by atoms with Crippen LogP contribution in [0.2, 0.25) is 5.02 Å². The largest absolute Gasteiger partial charge is 0.399 e. The minimum absolute atomic E-state index is 0.0254. The van der Waals surface area contributed by atoms with Gasteiger partial charge in [-0.25, -0.2) is 8.42 Å². The highest BCUT2D eigenvalue weighted by Crippen LogP contribution is 2.27. The first-order chi connectivity index (χ1) is 9.84. The van der Waals surface area contributed by atoms with Gasteiger partial charge in [0.05, 0.1) is 18.2 Å². The number of rotatable bonds is 8. The van der Waals surface area contributed by atoms with Crippen LogP contribution < -0.4 is 5.73 Å². The fraction of sp³-hybridized carbons (Fsp3) is 0.538. The molecule has 0 fully saturated rings. The molecule has 0 saturated carbocycles. The molecule has 1 rings (SSSR count). The third-order valence-electron chi connectivity index (χ3n) is 2.96. The summed E-state index contributed by atoms with van der Waals surface area (Å²) in [7, 11) is -0.719. The van der Waals surface area contributed by atoms with E-state index in [0.717, 1.165) is 0 Å². The minimum Gasteiger partial charge on any atom is -0.399 e. The number of hydrogen-bond donors (Lipinski definition) is 1. The standard InChI is InChI=1S/C13H21ClN2O4S/c1-10(9-20-3)16(6-7-19-2)21(17,18)13-5-4-11(15)8-12(13)14/h4-5,8,10H,6-7,9,15H2,1-3H3. The fourth-order valence-corrected chi connectivity index (χ4v) is 4.06. The van der Waals surface area contributed by atoms with Crippen molar-refractivity contribution in [3.63, 3.8) is 0 Å². The van der Waals surface area contributed by atoms with Crippen LogP contribution in [0.5, 0.6) is 0 Å². The van der Waals surface area contributed by atoms with Gasteiger partial charge in [-0.2, -0.15) is 4.31 Å². The van der Waals surface area contributed by atoms with Crippen LogP contribution in [0.1, 0.15) is 6.92 Å². The van der Waals surface area contributed by atoms with Crippen molar-refractivity contribution in [3.8, 4) is 0 Å². The van der Waals surface area contributed by atoms with E-state index in [1.165, 1.54) is 36.7 Å². The molecule has 0 radical (unpaired) electrons. The lowest BCUT2D eigenvalue weighted by atomic mass is 10.3. The van der Waals surface area contributed by atoms with Gasteiger partial charge in [0.15, 0.2) is 0 Å². The van der Waals surface area contributed by atoms with Gasteiger partial charge in [0.25, 0.3) is 0 Å². The SMILES string of the molecule is COCCN(C(C)COC)S(=O)(=O)c1ccc(N)cc1Cl. The summed E-state index contributed by atoms with van der Waals surface area (Å²) in [5.41, 5.74) is 6.01. The molecule has 0 aliphatic rings. The molecule has 8 heteroatoms. The van der Waals surface area contributed by atoms with Crippen LogP contribution in [0, 0.1) is 0 Å². The number of nitrogen functional groups attached to an aromatic ring is 1. The van der Waals surface area contributed by atoms with E-state index in [1.54, 1.807) is 6.92 Å². The van der Waals surface area contributed by atoms with Crippen LogP contribution >= 0.6 is 11.6 Å². The average Bonchev–Trinajstić information content (AvgIpc) is 2.38. The maximum Gasteiger partial charge on any atom is 0.244 e. The summed E-state index contributed by atoms with van der Waals surface area (Å²) in [6, 6.07) is 3.99. The van der Waals surface area contributed by atoms with Gasteiger partial charge >= 0.3 is 0 Å². The molecule has 0 spiro atoms. The van der Waals surface area contributed by atoms with Gasteiger partial charge in [0, 0.05) is 32.5 Å². The van der Waals surface area contributed by atoms with Crippen molar-refractivity contribution >= 4 is 27.3 Å². The molecule has 1 atom stereocenters. The van der Waals surface area contributed by atoms with E-state index < -0.39 is 10.0 Å². The fourth-order valence-electron chi connectivity index (χ4n) is 1.94. The lowest BCUT2D eigenvalue weighted by Crippen LogP contribution is -2.43. The van der Waals surface area contributed by atoms with E-state index in [2.05, 4.69) is 0 Å². The molecule has 1 unspecified atom stereocenters. The number of anilines is 1. The summed E-state index contributed by atoms with van der Waals surface area (Å²) in [6.07, 6.45) is 0. The van der Waals surface area contributed by atoms with Gasteiger partial charge in [-0.3, -0.25) is 0 Å². The second kappa shape index (κ2) is 7.95. The van der Waals surface area contributed by atoms with Crippen molar-refractivity contribution in [2.45, 2.75) is 17.9 Å². The molecule has 0 saturated heterocycles. The zero-order chi connectivity index (χ0) is 16.0. The molecule has 0 aromatic heterocycles. The maximum atomic E-state index is 12.8. The van der Waals surface area contributed by atoms with Gasteiger partial charge in [-0.05, 0) is 25.1 Å². The van der Waals surface area contributed by atoms with Crippen molar-refractivity contribution in [1.29, 1.82) is 0 Å². The molecule has 21 heavy (non-hydrogen) atoms. The van der Waals surface area contributed by atoms with Gasteiger partial charge in [0.2, 0.25) is 10.0 Å². The topological polar surface area (TPSA) is 81.9 Å². The zero-order valence-corrected chi connectivity index (χ0v) is 13.9. The normalized spacial score (nSPS) is 13.6. The number of nitrogens with two attached hydrogens (primary N) is 1. The molecular formula is C13H21ClN2O4S. The molecule has 0 bridgehead atoms. The predicted octanol–water partition coefficient (Wildman–Crippen LogP) is 1.59. The van der Waals surface area contributed by atoms with Crippen molar-refractivity contribution in [1.82, 2.24) is 4.31 Å². The first-order valence-electron chi connectivity index (χ1n) is 6.39. The quantitative estimate of drug-likeness (QED) is 0.729. The third-order valence-corrected chi connectivity index (χ3v) is 5.45. The summed E-state index contributed by atoms with van der Waals surface area (Å²) in [4.78, 5) is 0.0254. The summed E-state index contributed by atoms with van der Waals surface area (Å²) in [5, 5.41) is 0.0991. The van der Waals surface area contributed by atoms with Crippen molar-refractivity contribution in [2.24, 2.45) is 0 Å². The number of nitrogens with zero attached hydrogens (tertiary/aromatic N) is 1. The molecule has 0 amide bonds. The second-order valence-corrected chi connectivity index (χ2v) is 6.87. The number of ether oxygens (including phenoxy) is 2. The Labute approximate surface area is 130 Å². The van der Waals surface area contributed by atoms with E-state index in [4.69, 9.17) is 26.8 Å². The second-order valence-electron chi connectivity index (χ2n) is 4.60. The Morgan fingerprint density at radius 2 is 2.00 bits per heavy atom. The van der Waals surface area contributed by atoms with Crippen LogP contribution in [-0.4, -0.2) is 52.7 Å². The van der Waals surface area contributed by atoms with Crippen molar-refractivity contribution in [3.05, 3.63) is 23.2 Å². The smallest absolute Gasteiger partial charge is 0.244 e. The number of halogens is 1. The predicted molar refractivity (Wildman–Crippen MR) is 83.0 cm³/mol. The molecule has 0 heterocycles. The van der Waals surface area contributed by atoms with Crippen LogP contribution in [0.15, 0.2) is 23.1 Å². The molecule has 120 valence electrons. The number of benzene rings is 1. The Balaban J connectivity index is 3.19. The van der Waals surface area contributed by atoms with Crippen molar-refractivity contribution < 1.29 is 17.9 Å². The van der Waals surface area contributed by atoms with E-state index in [0.29, 0.717) is 5.69 Å². The molecule has 0 aliphatic carbocycles. The first-order valence-corrected chi connectivity index (χ1v) is 8.21. The number of methoxy groups -OCH3 is 2. The third kappa shape index (κ3) is 4.55. The van der Waals surface area contributed by atoms with Gasteiger partial charge in [-0.1, -0.05) is 11.6 Å². The Kier molecular flexibility index (Phi) is 6.89. The van der Waals surface area contributed by atoms with Crippen LogP contribution in [0.3, 0.4) is 0 Å². The highest BCUT2D eigenvalue weighted by atomic mass is 35.5. The molecule has 6 nitrogen and oxygen atoms in total. The molecule has 0 aliphatic heterocycles. The molecular weight excluding hydrogens is 316 g/mol. The summed E-state index contributed by atoms with van der Waals surface area (Å²) >= 11 is 6.03. The monoisotopic (exact) mass is 336 g/mol. The number of hydrogen-bond acceptors (Lipinski definition) is 5. The van der Waals surface area contributed by atoms with Crippen LogP contribution in [-0.2, 0) is 19.5 Å². The van der Waals surface area contributed by atoms with Crippen LogP contribution in [0.25, 0.3) is 0 Å². The molecule has 1 aromatic rings.